The summed E-state index contributed by atoms with van der Waals surface area (Å²) in [6.07, 6.45) is -2.17. The quantitative estimate of drug-likeness (QED) is 0.778. The number of ether oxygens (including phenoxy) is 2. The van der Waals surface area contributed by atoms with Gasteiger partial charge < -0.3 is 9.47 Å². The zero-order valence-corrected chi connectivity index (χ0v) is 11.6. The zero-order valence-electron chi connectivity index (χ0n) is 10.9. The topological polar surface area (TPSA) is 18.5 Å². The summed E-state index contributed by atoms with van der Waals surface area (Å²) in [5.74, 6) is 0.324. The van der Waals surface area contributed by atoms with Crippen LogP contribution in [0.1, 0.15) is 18.4 Å². The number of rotatable bonds is 4. The third-order valence-corrected chi connectivity index (χ3v) is 4.14. The van der Waals surface area contributed by atoms with Gasteiger partial charge in [0.25, 0.3) is 0 Å². The number of hydrogen-bond donors (Lipinski definition) is 0. The number of alkyl halides is 4. The van der Waals surface area contributed by atoms with E-state index in [0.29, 0.717) is 19.1 Å². The van der Waals surface area contributed by atoms with Gasteiger partial charge in [0.2, 0.25) is 0 Å². The van der Waals surface area contributed by atoms with Gasteiger partial charge in [-0.2, -0.15) is 0 Å². The SMILES string of the molecule is FC(F)(F)Oc1ccc(CC2(CCl)CCOCC2)cc1. The standard InChI is InChI=1S/C14H16ClF3O2/c15-10-13(5-7-19-8-6-13)9-11-1-3-12(4-2-11)20-14(16,17)18/h1-4H,5-10H2. The highest BCUT2D eigenvalue weighted by molar-refractivity contribution is 6.18. The van der Waals surface area contributed by atoms with Gasteiger partial charge in [-0.05, 0) is 42.4 Å². The van der Waals surface area contributed by atoms with Crippen LogP contribution in [0.4, 0.5) is 13.2 Å². The molecule has 2 nitrogen and oxygen atoms in total. The minimum atomic E-state index is -4.65. The van der Waals surface area contributed by atoms with Crippen LogP contribution < -0.4 is 4.74 Å². The molecule has 112 valence electrons. The van der Waals surface area contributed by atoms with Crippen molar-refractivity contribution in [1.29, 1.82) is 0 Å². The Morgan fingerprint density at radius 2 is 1.75 bits per heavy atom. The highest BCUT2D eigenvalue weighted by Crippen LogP contribution is 2.36. The fourth-order valence-corrected chi connectivity index (χ4v) is 2.77. The van der Waals surface area contributed by atoms with Gasteiger partial charge in [-0.15, -0.1) is 24.8 Å². The van der Waals surface area contributed by atoms with Crippen LogP contribution in [0.15, 0.2) is 24.3 Å². The van der Waals surface area contributed by atoms with Crippen molar-refractivity contribution in [1.82, 2.24) is 0 Å². The lowest BCUT2D eigenvalue weighted by molar-refractivity contribution is -0.274. The number of hydrogen-bond acceptors (Lipinski definition) is 2. The van der Waals surface area contributed by atoms with Crippen LogP contribution in [-0.2, 0) is 11.2 Å². The molecule has 0 atom stereocenters. The Balaban J connectivity index is 2.02. The maximum Gasteiger partial charge on any atom is 0.573 e. The Hall–Kier alpha value is -0.940. The lowest BCUT2D eigenvalue weighted by Gasteiger charge is -2.35. The predicted octanol–water partition coefficient (Wildman–Crippen LogP) is 4.16. The summed E-state index contributed by atoms with van der Waals surface area (Å²) in [7, 11) is 0. The van der Waals surface area contributed by atoms with E-state index >= 15 is 0 Å². The molecule has 0 N–H and O–H groups in total. The van der Waals surface area contributed by atoms with Gasteiger partial charge in [-0.25, -0.2) is 0 Å². The molecule has 0 spiro atoms. The van der Waals surface area contributed by atoms with Crippen molar-refractivity contribution >= 4 is 11.6 Å². The maximum absolute atomic E-state index is 12.1. The van der Waals surface area contributed by atoms with Crippen LogP contribution >= 0.6 is 11.6 Å². The molecule has 0 aliphatic carbocycles. The Kier molecular flexibility index (Phi) is 4.81. The Morgan fingerprint density at radius 3 is 2.25 bits per heavy atom. The van der Waals surface area contributed by atoms with Crippen LogP contribution in [0.5, 0.6) is 5.75 Å². The van der Waals surface area contributed by atoms with Crippen molar-refractivity contribution in [3.8, 4) is 5.75 Å². The summed E-state index contributed by atoms with van der Waals surface area (Å²) in [5.41, 5.74) is 0.939. The summed E-state index contributed by atoms with van der Waals surface area (Å²) in [6.45, 7) is 1.37. The Morgan fingerprint density at radius 1 is 1.15 bits per heavy atom. The van der Waals surface area contributed by atoms with Gasteiger partial charge >= 0.3 is 6.36 Å². The first kappa shape index (κ1) is 15.4. The molecule has 2 rings (SSSR count). The van der Waals surface area contributed by atoms with Gasteiger partial charge in [0.1, 0.15) is 5.75 Å². The first-order chi connectivity index (χ1) is 9.42. The summed E-state index contributed by atoms with van der Waals surface area (Å²) >= 11 is 6.08. The van der Waals surface area contributed by atoms with E-state index in [1.54, 1.807) is 12.1 Å². The molecular formula is C14H16ClF3O2. The predicted molar refractivity (Wildman–Crippen MR) is 70.0 cm³/mol. The van der Waals surface area contributed by atoms with Gasteiger partial charge in [-0.1, -0.05) is 12.1 Å². The monoisotopic (exact) mass is 308 g/mol. The summed E-state index contributed by atoms with van der Waals surface area (Å²) in [5, 5.41) is 0. The van der Waals surface area contributed by atoms with E-state index in [9.17, 15) is 13.2 Å². The van der Waals surface area contributed by atoms with Gasteiger partial charge in [0.05, 0.1) is 0 Å². The molecule has 1 aromatic rings. The normalized spacial score (nSPS) is 18.8. The molecule has 0 saturated carbocycles. The Bertz CT molecular complexity index is 425. The van der Waals surface area contributed by atoms with Crippen molar-refractivity contribution in [2.75, 3.05) is 19.1 Å². The minimum Gasteiger partial charge on any atom is -0.406 e. The minimum absolute atomic E-state index is 0.0216. The molecule has 1 saturated heterocycles. The van der Waals surface area contributed by atoms with Gasteiger partial charge in [0, 0.05) is 19.1 Å². The molecular weight excluding hydrogens is 293 g/mol. The third-order valence-electron chi connectivity index (χ3n) is 3.57. The molecule has 1 heterocycles. The highest BCUT2D eigenvalue weighted by Gasteiger charge is 2.33. The first-order valence-electron chi connectivity index (χ1n) is 6.41. The van der Waals surface area contributed by atoms with Crippen molar-refractivity contribution < 1.29 is 22.6 Å². The molecule has 0 radical (unpaired) electrons. The van der Waals surface area contributed by atoms with Crippen LogP contribution in [0.3, 0.4) is 0 Å². The highest BCUT2D eigenvalue weighted by atomic mass is 35.5. The fourth-order valence-electron chi connectivity index (χ4n) is 2.40. The fraction of sp³-hybridized carbons (Fsp3) is 0.571. The van der Waals surface area contributed by atoms with Crippen molar-refractivity contribution in [2.45, 2.75) is 25.6 Å². The van der Waals surface area contributed by atoms with E-state index in [2.05, 4.69) is 4.74 Å². The molecule has 0 unspecified atom stereocenters. The second-order valence-electron chi connectivity index (χ2n) is 5.11. The lowest BCUT2D eigenvalue weighted by atomic mass is 9.77. The average Bonchev–Trinajstić information content (AvgIpc) is 2.40. The molecule has 1 aliphatic heterocycles. The van der Waals surface area contributed by atoms with E-state index in [0.717, 1.165) is 24.8 Å². The molecule has 6 heteroatoms. The lowest BCUT2D eigenvalue weighted by Crippen LogP contribution is -2.33. The van der Waals surface area contributed by atoms with Crippen molar-refractivity contribution in [3.63, 3.8) is 0 Å². The van der Waals surface area contributed by atoms with E-state index in [-0.39, 0.29) is 11.2 Å². The summed E-state index contributed by atoms with van der Waals surface area (Å²) < 4.78 is 45.4. The second-order valence-corrected chi connectivity index (χ2v) is 5.38. The Labute approximate surface area is 120 Å². The smallest absolute Gasteiger partial charge is 0.406 e. The van der Waals surface area contributed by atoms with Crippen molar-refractivity contribution in [3.05, 3.63) is 29.8 Å². The maximum atomic E-state index is 12.1. The van der Waals surface area contributed by atoms with E-state index in [4.69, 9.17) is 16.3 Å². The van der Waals surface area contributed by atoms with Crippen LogP contribution in [0, 0.1) is 5.41 Å². The third kappa shape index (κ3) is 4.28. The molecule has 0 aromatic heterocycles. The molecule has 0 bridgehead atoms. The summed E-state index contributed by atoms with van der Waals surface area (Å²) in [4.78, 5) is 0. The molecule has 0 amide bonds. The van der Waals surface area contributed by atoms with Gasteiger partial charge in [-0.3, -0.25) is 0 Å². The van der Waals surface area contributed by atoms with E-state index in [1.165, 1.54) is 12.1 Å². The largest absolute Gasteiger partial charge is 0.573 e. The van der Waals surface area contributed by atoms with Crippen LogP contribution in [0.2, 0.25) is 0 Å². The molecule has 1 aliphatic rings. The second kappa shape index (κ2) is 6.22. The summed E-state index contributed by atoms with van der Waals surface area (Å²) in [6, 6.07) is 5.99. The van der Waals surface area contributed by atoms with Crippen LogP contribution in [-0.4, -0.2) is 25.5 Å². The number of benzene rings is 1. The van der Waals surface area contributed by atoms with E-state index < -0.39 is 6.36 Å². The molecule has 1 aromatic carbocycles. The molecule has 1 fully saturated rings. The first-order valence-corrected chi connectivity index (χ1v) is 6.94. The molecule has 20 heavy (non-hydrogen) atoms. The van der Waals surface area contributed by atoms with Crippen LogP contribution in [0.25, 0.3) is 0 Å². The van der Waals surface area contributed by atoms with Gasteiger partial charge in [0.15, 0.2) is 0 Å². The average molecular weight is 309 g/mol. The zero-order chi connectivity index (χ0) is 14.6. The number of halogens is 4. The van der Waals surface area contributed by atoms with E-state index in [1.807, 2.05) is 0 Å². The van der Waals surface area contributed by atoms with Crippen molar-refractivity contribution in [2.24, 2.45) is 5.41 Å².